The molecule has 0 aliphatic carbocycles. The molecular formula is C20H28ClF3Si. The van der Waals surface area contributed by atoms with Crippen LogP contribution in [0.2, 0.25) is 13.1 Å². The van der Waals surface area contributed by atoms with Gasteiger partial charge in [-0.25, -0.2) is 0 Å². The fourth-order valence-electron chi connectivity index (χ4n) is 2.85. The van der Waals surface area contributed by atoms with Crippen LogP contribution in [0.3, 0.4) is 0 Å². The molecule has 140 valence electrons. The van der Waals surface area contributed by atoms with Crippen molar-refractivity contribution in [2.75, 3.05) is 5.88 Å². The molecule has 0 nitrogen and oxygen atoms in total. The average Bonchev–Trinajstić information content (AvgIpc) is 2.57. The Balaban J connectivity index is 3.05. The number of alkyl halides is 4. The minimum Gasteiger partial charge on any atom is -0.166 e. The Labute approximate surface area is 155 Å². The Kier molecular flexibility index (Phi) is 8.49. The van der Waals surface area contributed by atoms with Crippen molar-refractivity contribution < 1.29 is 13.2 Å². The highest BCUT2D eigenvalue weighted by molar-refractivity contribution is 6.88. The van der Waals surface area contributed by atoms with Crippen molar-refractivity contribution in [3.05, 3.63) is 59.4 Å². The lowest BCUT2D eigenvalue weighted by Crippen LogP contribution is -2.29. The van der Waals surface area contributed by atoms with Gasteiger partial charge in [-0.15, -0.1) is 24.8 Å². The van der Waals surface area contributed by atoms with Crippen LogP contribution in [0, 0.1) is 0 Å². The van der Waals surface area contributed by atoms with Crippen LogP contribution in [0.4, 0.5) is 13.2 Å². The van der Waals surface area contributed by atoms with Crippen molar-refractivity contribution in [1.29, 1.82) is 0 Å². The van der Waals surface area contributed by atoms with Crippen LogP contribution in [0.15, 0.2) is 48.3 Å². The van der Waals surface area contributed by atoms with E-state index in [2.05, 4.69) is 26.3 Å². The summed E-state index contributed by atoms with van der Waals surface area (Å²) in [6.07, 6.45) is 0.501. The van der Waals surface area contributed by atoms with Gasteiger partial charge >= 0.3 is 6.18 Å². The normalized spacial score (nSPS) is 13.5. The lowest BCUT2D eigenvalue weighted by atomic mass is 9.91. The molecular weight excluding hydrogens is 361 g/mol. The molecule has 1 unspecified atom stereocenters. The summed E-state index contributed by atoms with van der Waals surface area (Å²) in [5, 5.41) is 1.04. The molecule has 0 radical (unpaired) electrons. The predicted molar refractivity (Wildman–Crippen MR) is 105 cm³/mol. The average molecular weight is 389 g/mol. The highest BCUT2D eigenvalue weighted by Gasteiger charge is 2.32. The van der Waals surface area contributed by atoms with Gasteiger partial charge in [-0.3, -0.25) is 0 Å². The van der Waals surface area contributed by atoms with Gasteiger partial charge in [-0.05, 0) is 24.5 Å². The molecule has 0 aliphatic heterocycles. The quantitative estimate of drug-likeness (QED) is 0.221. The van der Waals surface area contributed by atoms with Gasteiger partial charge in [0.25, 0.3) is 0 Å². The monoisotopic (exact) mass is 388 g/mol. The Morgan fingerprint density at radius 1 is 1.20 bits per heavy atom. The maximum Gasteiger partial charge on any atom is 0.416 e. The molecule has 1 rings (SSSR count). The third-order valence-electron chi connectivity index (χ3n) is 4.75. The molecule has 5 heteroatoms. The summed E-state index contributed by atoms with van der Waals surface area (Å²) in [7, 11) is -1.90. The Bertz CT molecular complexity index is 579. The molecule has 0 N–H and O–H groups in total. The topological polar surface area (TPSA) is 0 Å². The highest BCUT2D eigenvalue weighted by atomic mass is 35.5. The fraction of sp³-hybridized carbons (Fsp3) is 0.500. The second-order valence-electron chi connectivity index (χ2n) is 7.02. The summed E-state index contributed by atoms with van der Waals surface area (Å²) in [6.45, 7) is 12.5. The third-order valence-corrected chi connectivity index (χ3v) is 8.04. The first-order chi connectivity index (χ1) is 11.6. The summed E-state index contributed by atoms with van der Waals surface area (Å²) in [6, 6.07) is 5.69. The van der Waals surface area contributed by atoms with Crippen LogP contribution in [0.5, 0.6) is 0 Å². The van der Waals surface area contributed by atoms with E-state index in [0.29, 0.717) is 11.4 Å². The number of halogens is 4. The van der Waals surface area contributed by atoms with E-state index in [-0.39, 0.29) is 5.92 Å². The second kappa shape index (κ2) is 9.63. The van der Waals surface area contributed by atoms with Gasteiger partial charge in [0.1, 0.15) is 0 Å². The van der Waals surface area contributed by atoms with E-state index in [1.54, 1.807) is 6.07 Å². The van der Waals surface area contributed by atoms with Crippen LogP contribution < -0.4 is 0 Å². The van der Waals surface area contributed by atoms with Crippen molar-refractivity contribution in [2.45, 2.75) is 57.3 Å². The zero-order chi connectivity index (χ0) is 19.1. The summed E-state index contributed by atoms with van der Waals surface area (Å²) in [4.78, 5) is 0. The second-order valence-corrected chi connectivity index (χ2v) is 11.9. The highest BCUT2D eigenvalue weighted by Crippen LogP contribution is 2.37. The van der Waals surface area contributed by atoms with E-state index in [1.807, 2.05) is 5.70 Å². The van der Waals surface area contributed by atoms with Gasteiger partial charge in [-0.1, -0.05) is 61.5 Å². The summed E-state index contributed by atoms with van der Waals surface area (Å²) in [5.74, 6) is 0.596. The van der Waals surface area contributed by atoms with Crippen molar-refractivity contribution in [3.8, 4) is 0 Å². The Hall–Kier alpha value is -1.00. The van der Waals surface area contributed by atoms with E-state index in [1.165, 1.54) is 12.1 Å². The molecule has 0 bridgehead atoms. The lowest BCUT2D eigenvalue weighted by molar-refractivity contribution is -0.137. The number of unbranched alkanes of at least 4 members (excludes halogenated alkanes) is 3. The summed E-state index contributed by atoms with van der Waals surface area (Å²) < 4.78 is 39.2. The first-order valence-electron chi connectivity index (χ1n) is 8.69. The van der Waals surface area contributed by atoms with E-state index in [0.717, 1.165) is 43.4 Å². The Morgan fingerprint density at radius 2 is 1.84 bits per heavy atom. The molecule has 0 aliphatic rings. The summed E-state index contributed by atoms with van der Waals surface area (Å²) in [5.41, 5.74) is 2.06. The van der Waals surface area contributed by atoms with Crippen molar-refractivity contribution >= 4 is 19.7 Å². The van der Waals surface area contributed by atoms with Gasteiger partial charge in [0.15, 0.2) is 0 Å². The predicted octanol–water partition coefficient (Wildman–Crippen LogP) is 7.51. The first-order valence-corrected chi connectivity index (χ1v) is 12.3. The number of hydrogen-bond donors (Lipinski definition) is 0. The van der Waals surface area contributed by atoms with Crippen molar-refractivity contribution in [3.63, 3.8) is 0 Å². The lowest BCUT2D eigenvalue weighted by Gasteiger charge is -2.30. The standard InChI is InChI=1S/C20H28ClF3Si/c1-5-25(3,4)16(2)19(13-8-6-7-9-14-21)17-11-10-12-18(15-17)20(22,23)24/h5,10-12,15,19H,1-2,6-9,13-14H2,3-4H3. The van der Waals surface area contributed by atoms with Crippen LogP contribution in [0.1, 0.15) is 49.1 Å². The van der Waals surface area contributed by atoms with E-state index < -0.39 is 19.8 Å². The number of rotatable bonds is 10. The minimum absolute atomic E-state index is 0.0574. The third kappa shape index (κ3) is 6.67. The minimum atomic E-state index is -4.33. The SMILES string of the molecule is C=C[Si](C)(C)C(=C)C(CCCCCCCl)c1cccc(C(F)(F)F)c1. The fourth-order valence-corrected chi connectivity index (χ4v) is 4.51. The molecule has 0 saturated carbocycles. The molecule has 1 aromatic rings. The van der Waals surface area contributed by atoms with E-state index in [4.69, 9.17) is 11.6 Å². The van der Waals surface area contributed by atoms with Gasteiger partial charge in [0, 0.05) is 11.8 Å². The maximum absolute atomic E-state index is 13.1. The zero-order valence-electron chi connectivity index (χ0n) is 15.1. The van der Waals surface area contributed by atoms with Crippen LogP contribution in [-0.2, 0) is 6.18 Å². The van der Waals surface area contributed by atoms with Crippen molar-refractivity contribution in [1.82, 2.24) is 0 Å². The Morgan fingerprint density at radius 3 is 2.40 bits per heavy atom. The number of hydrogen-bond acceptors (Lipinski definition) is 0. The first kappa shape index (κ1) is 22.0. The molecule has 0 fully saturated rings. The van der Waals surface area contributed by atoms with Gasteiger partial charge < -0.3 is 0 Å². The molecule has 1 atom stereocenters. The molecule has 0 aromatic heterocycles. The number of allylic oxidation sites excluding steroid dienone is 1. The van der Waals surface area contributed by atoms with Gasteiger partial charge in [0.05, 0.1) is 13.6 Å². The van der Waals surface area contributed by atoms with Crippen LogP contribution in [-0.4, -0.2) is 14.0 Å². The van der Waals surface area contributed by atoms with E-state index in [9.17, 15) is 13.2 Å². The maximum atomic E-state index is 13.1. The van der Waals surface area contributed by atoms with Gasteiger partial charge in [0.2, 0.25) is 0 Å². The molecule has 0 amide bonds. The smallest absolute Gasteiger partial charge is 0.166 e. The number of benzene rings is 1. The zero-order valence-corrected chi connectivity index (χ0v) is 16.9. The summed E-state index contributed by atoms with van der Waals surface area (Å²) >= 11 is 5.70. The van der Waals surface area contributed by atoms with Crippen LogP contribution >= 0.6 is 11.6 Å². The molecule has 0 heterocycles. The van der Waals surface area contributed by atoms with Gasteiger partial charge in [-0.2, -0.15) is 13.2 Å². The van der Waals surface area contributed by atoms with Crippen molar-refractivity contribution in [2.24, 2.45) is 0 Å². The molecule has 0 spiro atoms. The molecule has 0 saturated heterocycles. The molecule has 1 aromatic carbocycles. The van der Waals surface area contributed by atoms with E-state index >= 15 is 0 Å². The van der Waals surface area contributed by atoms with Crippen LogP contribution in [0.25, 0.3) is 0 Å². The molecule has 25 heavy (non-hydrogen) atoms. The largest absolute Gasteiger partial charge is 0.416 e.